The first-order valence-corrected chi connectivity index (χ1v) is 9.11. The van der Waals surface area contributed by atoms with Crippen LogP contribution in [-0.4, -0.2) is 47.2 Å². The molecular weight excluding hydrogens is 399 g/mol. The van der Waals surface area contributed by atoms with Crippen molar-refractivity contribution in [1.82, 2.24) is 15.0 Å². The minimum Gasteiger partial charge on any atom is -0.480 e. The van der Waals surface area contributed by atoms with E-state index >= 15 is 0 Å². The van der Waals surface area contributed by atoms with Gasteiger partial charge in [0, 0.05) is 11.8 Å². The summed E-state index contributed by atoms with van der Waals surface area (Å²) in [6, 6.07) is 4.89. The lowest BCUT2D eigenvalue weighted by Gasteiger charge is -2.15. The number of methoxy groups -OCH3 is 1. The van der Waals surface area contributed by atoms with Gasteiger partial charge in [-0.15, -0.1) is 0 Å². The van der Waals surface area contributed by atoms with Gasteiger partial charge in [0.05, 0.1) is 31.3 Å². The van der Waals surface area contributed by atoms with E-state index in [4.69, 9.17) is 10.3 Å². The molecule has 2 aromatic heterocycles. The summed E-state index contributed by atoms with van der Waals surface area (Å²) in [4.78, 5) is 11.7. The van der Waals surface area contributed by atoms with E-state index in [0.717, 1.165) is 0 Å². The molecule has 0 aliphatic carbocycles. The zero-order chi connectivity index (χ0) is 21.9. The van der Waals surface area contributed by atoms with Crippen LogP contribution in [0, 0.1) is 5.53 Å². The standard InChI is InChI=1S/C19H22F3N7O/c1-19(2,22)9-26-18-27-16-15(17(28-18)30-3)11(7-25-16)10-4-5-12(29-23)13(6-10)24-8-14(20)21/h4-7,14,23-24H,8-9H2,1-3H3,(H2,25,26,27,28). The Hall–Kier alpha value is -3.37. The molecule has 160 valence electrons. The molecule has 30 heavy (non-hydrogen) atoms. The second-order valence-corrected chi connectivity index (χ2v) is 7.17. The SMILES string of the molecule is COc1nc(NCC(C)(C)F)nc2[nH]cc(-c3ccc(N=N)c(NCC(F)F)c3)c12. The summed E-state index contributed by atoms with van der Waals surface area (Å²) in [7, 11) is 1.46. The van der Waals surface area contributed by atoms with Crippen molar-refractivity contribution in [2.75, 3.05) is 30.8 Å². The predicted molar refractivity (Wildman–Crippen MR) is 109 cm³/mol. The number of aromatic amines is 1. The Morgan fingerprint density at radius 3 is 2.67 bits per heavy atom. The quantitative estimate of drug-likeness (QED) is 0.358. The lowest BCUT2D eigenvalue weighted by molar-refractivity contribution is 0.163. The van der Waals surface area contributed by atoms with Gasteiger partial charge in [-0.1, -0.05) is 6.07 Å². The third-order valence-electron chi connectivity index (χ3n) is 4.23. The fraction of sp³-hybridized carbons (Fsp3) is 0.368. The van der Waals surface area contributed by atoms with Crippen molar-refractivity contribution in [2.24, 2.45) is 5.11 Å². The molecule has 0 bridgehead atoms. The second kappa shape index (κ2) is 8.56. The van der Waals surface area contributed by atoms with Crippen molar-refractivity contribution in [3.63, 3.8) is 0 Å². The third kappa shape index (κ3) is 4.78. The van der Waals surface area contributed by atoms with E-state index in [1.54, 1.807) is 24.4 Å². The highest BCUT2D eigenvalue weighted by atomic mass is 19.3. The minimum absolute atomic E-state index is 0.0203. The molecule has 0 atom stereocenters. The van der Waals surface area contributed by atoms with Gasteiger partial charge in [-0.2, -0.15) is 15.1 Å². The Labute approximate surface area is 170 Å². The Kier molecular flexibility index (Phi) is 6.09. The summed E-state index contributed by atoms with van der Waals surface area (Å²) in [6.45, 7) is 2.34. The number of nitrogens with one attached hydrogen (secondary N) is 4. The van der Waals surface area contributed by atoms with Crippen molar-refractivity contribution >= 4 is 28.4 Å². The molecule has 0 aliphatic heterocycles. The van der Waals surface area contributed by atoms with E-state index in [9.17, 15) is 13.2 Å². The number of hydrogen-bond donors (Lipinski definition) is 4. The zero-order valence-corrected chi connectivity index (χ0v) is 16.7. The van der Waals surface area contributed by atoms with Crippen LogP contribution in [0.15, 0.2) is 29.5 Å². The number of fused-ring (bicyclic) bond motifs is 1. The van der Waals surface area contributed by atoms with Crippen molar-refractivity contribution in [2.45, 2.75) is 25.9 Å². The molecular formula is C19H22F3N7O. The third-order valence-corrected chi connectivity index (χ3v) is 4.23. The average molecular weight is 421 g/mol. The number of anilines is 2. The van der Waals surface area contributed by atoms with Gasteiger partial charge in [0.1, 0.15) is 17.0 Å². The Morgan fingerprint density at radius 1 is 1.27 bits per heavy atom. The van der Waals surface area contributed by atoms with Gasteiger partial charge < -0.3 is 20.4 Å². The van der Waals surface area contributed by atoms with Crippen LogP contribution in [0.4, 0.5) is 30.5 Å². The first-order valence-electron chi connectivity index (χ1n) is 9.11. The molecule has 2 heterocycles. The highest BCUT2D eigenvalue weighted by Crippen LogP contribution is 2.37. The first-order chi connectivity index (χ1) is 14.2. The smallest absolute Gasteiger partial charge is 0.255 e. The summed E-state index contributed by atoms with van der Waals surface area (Å²) < 4.78 is 44.4. The van der Waals surface area contributed by atoms with Gasteiger partial charge in [-0.25, -0.2) is 18.7 Å². The number of alkyl halides is 3. The summed E-state index contributed by atoms with van der Waals surface area (Å²) in [6.07, 6.45) is -0.858. The number of aromatic nitrogens is 3. The Balaban J connectivity index is 2.02. The summed E-state index contributed by atoms with van der Waals surface area (Å²) in [5.41, 5.74) is 8.14. The van der Waals surface area contributed by atoms with Gasteiger partial charge >= 0.3 is 0 Å². The largest absolute Gasteiger partial charge is 0.480 e. The number of halogens is 3. The number of nitrogens with zero attached hydrogens (tertiary/aromatic N) is 3. The normalized spacial score (nSPS) is 11.7. The maximum Gasteiger partial charge on any atom is 0.255 e. The molecule has 0 amide bonds. The fourth-order valence-electron chi connectivity index (χ4n) is 2.87. The van der Waals surface area contributed by atoms with E-state index in [0.29, 0.717) is 27.8 Å². The topological polar surface area (TPSA) is 111 Å². The van der Waals surface area contributed by atoms with Crippen LogP contribution < -0.4 is 15.4 Å². The number of hydrogen-bond acceptors (Lipinski definition) is 7. The van der Waals surface area contributed by atoms with Gasteiger partial charge in [-0.05, 0) is 31.5 Å². The predicted octanol–water partition coefficient (Wildman–Crippen LogP) is 5.13. The van der Waals surface area contributed by atoms with Gasteiger partial charge in [0.15, 0.2) is 0 Å². The number of benzene rings is 1. The molecule has 4 N–H and O–H groups in total. The second-order valence-electron chi connectivity index (χ2n) is 7.17. The van der Waals surface area contributed by atoms with Crippen LogP contribution in [0.5, 0.6) is 5.88 Å². The lowest BCUT2D eigenvalue weighted by Crippen LogP contribution is -2.25. The molecule has 1 aromatic carbocycles. The van der Waals surface area contributed by atoms with Crippen molar-refractivity contribution < 1.29 is 17.9 Å². The van der Waals surface area contributed by atoms with E-state index in [1.807, 2.05) is 0 Å². The fourth-order valence-corrected chi connectivity index (χ4v) is 2.87. The molecule has 0 saturated carbocycles. The van der Waals surface area contributed by atoms with Crippen LogP contribution in [0.1, 0.15) is 13.8 Å². The van der Waals surface area contributed by atoms with Crippen LogP contribution in [-0.2, 0) is 0 Å². The number of rotatable bonds is 9. The van der Waals surface area contributed by atoms with E-state index in [2.05, 4.69) is 30.7 Å². The molecule has 8 nitrogen and oxygen atoms in total. The average Bonchev–Trinajstić information content (AvgIpc) is 3.13. The number of H-pyrrole nitrogens is 1. The highest BCUT2D eigenvalue weighted by molar-refractivity contribution is 5.98. The molecule has 0 saturated heterocycles. The molecule has 0 aliphatic rings. The molecule has 0 spiro atoms. The minimum atomic E-state index is -2.55. The van der Waals surface area contributed by atoms with E-state index in [-0.39, 0.29) is 24.1 Å². The summed E-state index contributed by atoms with van der Waals surface area (Å²) in [5.74, 6) is 0.480. The van der Waals surface area contributed by atoms with E-state index in [1.165, 1.54) is 21.0 Å². The van der Waals surface area contributed by atoms with Gasteiger partial charge in [0.25, 0.3) is 6.43 Å². The molecule has 3 rings (SSSR count). The Morgan fingerprint density at radius 2 is 2.03 bits per heavy atom. The molecule has 0 unspecified atom stereocenters. The molecule has 0 fully saturated rings. The lowest BCUT2D eigenvalue weighted by atomic mass is 10.0. The number of ether oxygens (including phenoxy) is 1. The first kappa shape index (κ1) is 21.3. The van der Waals surface area contributed by atoms with Crippen LogP contribution in [0.25, 0.3) is 22.2 Å². The van der Waals surface area contributed by atoms with Crippen LogP contribution in [0.3, 0.4) is 0 Å². The van der Waals surface area contributed by atoms with Gasteiger partial charge in [0.2, 0.25) is 11.8 Å². The molecule has 3 aromatic rings. The highest BCUT2D eigenvalue weighted by Gasteiger charge is 2.19. The van der Waals surface area contributed by atoms with Crippen molar-refractivity contribution in [3.8, 4) is 17.0 Å². The van der Waals surface area contributed by atoms with Crippen LogP contribution >= 0.6 is 0 Å². The van der Waals surface area contributed by atoms with Crippen molar-refractivity contribution in [3.05, 3.63) is 24.4 Å². The maximum absolute atomic E-state index is 13.8. The zero-order valence-electron chi connectivity index (χ0n) is 16.7. The molecule has 0 radical (unpaired) electrons. The summed E-state index contributed by atoms with van der Waals surface area (Å²) in [5, 5.41) is 9.39. The maximum atomic E-state index is 13.8. The molecule has 11 heteroatoms. The monoisotopic (exact) mass is 421 g/mol. The van der Waals surface area contributed by atoms with Gasteiger partial charge in [-0.3, -0.25) is 0 Å². The van der Waals surface area contributed by atoms with Crippen LogP contribution in [0.2, 0.25) is 0 Å². The van der Waals surface area contributed by atoms with E-state index < -0.39 is 18.6 Å². The van der Waals surface area contributed by atoms with Crippen molar-refractivity contribution in [1.29, 1.82) is 5.53 Å². The Bertz CT molecular complexity index is 1050. The summed E-state index contributed by atoms with van der Waals surface area (Å²) >= 11 is 0.